The van der Waals surface area contributed by atoms with Gasteiger partial charge in [0.2, 0.25) is 0 Å². The van der Waals surface area contributed by atoms with E-state index in [1.54, 1.807) is 48.5 Å². The molecule has 7 heteroatoms. The van der Waals surface area contributed by atoms with Gasteiger partial charge in [0.15, 0.2) is 5.11 Å². The van der Waals surface area contributed by atoms with Crippen molar-refractivity contribution in [3.8, 4) is 5.75 Å². The highest BCUT2D eigenvalue weighted by atomic mass is 32.1. The Morgan fingerprint density at radius 1 is 0.897 bits per heavy atom. The molecular weight excluding hydrogens is 386 g/mol. The predicted molar refractivity (Wildman–Crippen MR) is 116 cm³/mol. The molecule has 2 amide bonds. The number of carbonyl (C=O) groups excluding carboxylic acids is 2. The van der Waals surface area contributed by atoms with E-state index in [4.69, 9.17) is 22.7 Å². The lowest BCUT2D eigenvalue weighted by Crippen LogP contribution is -2.34. The fourth-order valence-electron chi connectivity index (χ4n) is 2.58. The SMILES string of the molecule is NC(=O)c1ccccc1NC(=S)NC(=O)c1ccc(OCc2ccccc2)cc1. The quantitative estimate of drug-likeness (QED) is 0.546. The van der Waals surface area contributed by atoms with Crippen LogP contribution >= 0.6 is 12.2 Å². The monoisotopic (exact) mass is 405 g/mol. The highest BCUT2D eigenvalue weighted by molar-refractivity contribution is 7.80. The van der Waals surface area contributed by atoms with Crippen LogP contribution in [0, 0.1) is 0 Å². The van der Waals surface area contributed by atoms with Gasteiger partial charge < -0.3 is 15.8 Å². The summed E-state index contributed by atoms with van der Waals surface area (Å²) in [6.45, 7) is 0.444. The second kappa shape index (κ2) is 9.48. The van der Waals surface area contributed by atoms with E-state index in [0.29, 0.717) is 23.6 Å². The molecule has 3 aromatic carbocycles. The zero-order valence-corrected chi connectivity index (χ0v) is 16.2. The Morgan fingerprint density at radius 3 is 2.24 bits per heavy atom. The van der Waals surface area contributed by atoms with Gasteiger partial charge in [0.25, 0.3) is 11.8 Å². The lowest BCUT2D eigenvalue weighted by atomic mass is 10.1. The van der Waals surface area contributed by atoms with Crippen LogP contribution in [0.2, 0.25) is 0 Å². The van der Waals surface area contributed by atoms with E-state index in [9.17, 15) is 9.59 Å². The fourth-order valence-corrected chi connectivity index (χ4v) is 2.78. The molecule has 0 unspecified atom stereocenters. The molecule has 0 spiro atoms. The van der Waals surface area contributed by atoms with Gasteiger partial charge in [-0.15, -0.1) is 0 Å². The molecule has 0 saturated carbocycles. The van der Waals surface area contributed by atoms with Crippen molar-refractivity contribution in [1.82, 2.24) is 5.32 Å². The number of nitrogens with one attached hydrogen (secondary N) is 2. The Labute approximate surface area is 173 Å². The van der Waals surface area contributed by atoms with Crippen molar-refractivity contribution >= 4 is 34.8 Å². The molecule has 0 bridgehead atoms. The summed E-state index contributed by atoms with van der Waals surface area (Å²) in [6.07, 6.45) is 0. The summed E-state index contributed by atoms with van der Waals surface area (Å²) in [5, 5.41) is 5.46. The molecule has 3 rings (SSSR count). The first-order chi connectivity index (χ1) is 14.0. The van der Waals surface area contributed by atoms with Crippen LogP contribution in [0.4, 0.5) is 5.69 Å². The van der Waals surface area contributed by atoms with Crippen LogP contribution in [0.3, 0.4) is 0 Å². The van der Waals surface area contributed by atoms with E-state index in [2.05, 4.69) is 10.6 Å². The van der Waals surface area contributed by atoms with Crippen molar-refractivity contribution in [3.63, 3.8) is 0 Å². The molecule has 0 aromatic heterocycles. The number of ether oxygens (including phenoxy) is 1. The molecule has 3 aromatic rings. The Hall–Kier alpha value is -3.71. The number of anilines is 1. The third-order valence-electron chi connectivity index (χ3n) is 4.03. The highest BCUT2D eigenvalue weighted by Crippen LogP contribution is 2.16. The van der Waals surface area contributed by atoms with Crippen molar-refractivity contribution in [2.24, 2.45) is 5.73 Å². The predicted octanol–water partition coefficient (Wildman–Crippen LogP) is 3.49. The Balaban J connectivity index is 1.56. The molecule has 146 valence electrons. The summed E-state index contributed by atoms with van der Waals surface area (Å²) in [4.78, 5) is 23.8. The van der Waals surface area contributed by atoms with Gasteiger partial charge in [-0.2, -0.15) is 0 Å². The number of amides is 2. The van der Waals surface area contributed by atoms with Crippen molar-refractivity contribution < 1.29 is 14.3 Å². The van der Waals surface area contributed by atoms with E-state index in [1.807, 2.05) is 30.3 Å². The second-order valence-electron chi connectivity index (χ2n) is 6.12. The minimum absolute atomic E-state index is 0.0631. The molecule has 6 nitrogen and oxygen atoms in total. The average Bonchev–Trinajstić information content (AvgIpc) is 2.73. The number of carbonyl (C=O) groups is 2. The van der Waals surface area contributed by atoms with Crippen LogP contribution in [0.15, 0.2) is 78.9 Å². The van der Waals surface area contributed by atoms with Gasteiger partial charge in [-0.25, -0.2) is 0 Å². The minimum atomic E-state index is -0.590. The molecule has 4 N–H and O–H groups in total. The standard InChI is InChI=1S/C22H19N3O3S/c23-20(26)18-8-4-5-9-19(18)24-22(29)25-21(27)16-10-12-17(13-11-16)28-14-15-6-2-1-3-7-15/h1-13H,14H2,(H2,23,26)(H2,24,25,27,29). The van der Waals surface area contributed by atoms with Crippen molar-refractivity contribution in [3.05, 3.63) is 95.6 Å². The Morgan fingerprint density at radius 2 is 1.55 bits per heavy atom. The molecule has 0 aliphatic rings. The summed E-state index contributed by atoms with van der Waals surface area (Å²) in [7, 11) is 0. The highest BCUT2D eigenvalue weighted by Gasteiger charge is 2.11. The zero-order chi connectivity index (χ0) is 20.6. The van der Waals surface area contributed by atoms with E-state index < -0.39 is 5.91 Å². The van der Waals surface area contributed by atoms with E-state index >= 15 is 0 Å². The average molecular weight is 405 g/mol. The summed E-state index contributed by atoms with van der Waals surface area (Å²) >= 11 is 5.16. The first kappa shape index (κ1) is 20.0. The molecule has 29 heavy (non-hydrogen) atoms. The van der Waals surface area contributed by atoms with Crippen molar-refractivity contribution in [2.45, 2.75) is 6.61 Å². The molecule has 0 atom stereocenters. The number of thiocarbonyl (C=S) groups is 1. The van der Waals surface area contributed by atoms with Gasteiger partial charge in [-0.05, 0) is 54.2 Å². The van der Waals surface area contributed by atoms with Crippen molar-refractivity contribution in [2.75, 3.05) is 5.32 Å². The molecule has 0 heterocycles. The van der Waals surface area contributed by atoms with Crippen LogP contribution in [0.5, 0.6) is 5.75 Å². The second-order valence-corrected chi connectivity index (χ2v) is 6.52. The van der Waals surface area contributed by atoms with Crippen LogP contribution in [-0.2, 0) is 6.61 Å². The molecule has 0 saturated heterocycles. The molecule has 0 aliphatic carbocycles. The number of benzene rings is 3. The first-order valence-corrected chi connectivity index (χ1v) is 9.22. The number of para-hydroxylation sites is 1. The lowest BCUT2D eigenvalue weighted by molar-refractivity contribution is 0.0975. The lowest BCUT2D eigenvalue weighted by Gasteiger charge is -2.12. The third kappa shape index (κ3) is 5.63. The topological polar surface area (TPSA) is 93.5 Å². The Bertz CT molecular complexity index is 1020. The minimum Gasteiger partial charge on any atom is -0.489 e. The summed E-state index contributed by atoms with van der Waals surface area (Å²) in [6, 6.07) is 23.2. The van der Waals surface area contributed by atoms with Gasteiger partial charge in [-0.1, -0.05) is 42.5 Å². The van der Waals surface area contributed by atoms with Gasteiger partial charge in [0, 0.05) is 5.56 Å². The van der Waals surface area contributed by atoms with E-state index in [0.717, 1.165) is 5.56 Å². The van der Waals surface area contributed by atoms with Gasteiger partial charge in [0.1, 0.15) is 12.4 Å². The summed E-state index contributed by atoms with van der Waals surface area (Å²) in [5.41, 5.74) is 7.52. The fraction of sp³-hybridized carbons (Fsp3) is 0.0455. The number of hydrogen-bond acceptors (Lipinski definition) is 4. The third-order valence-corrected chi connectivity index (χ3v) is 4.24. The summed E-state index contributed by atoms with van der Waals surface area (Å²) in [5.74, 6) is -0.316. The van der Waals surface area contributed by atoms with Crippen LogP contribution in [-0.4, -0.2) is 16.9 Å². The maximum Gasteiger partial charge on any atom is 0.257 e. The van der Waals surface area contributed by atoms with Gasteiger partial charge in [0.05, 0.1) is 11.3 Å². The number of rotatable bonds is 6. The van der Waals surface area contributed by atoms with E-state index in [-0.39, 0.29) is 16.6 Å². The molecular formula is C22H19N3O3S. The van der Waals surface area contributed by atoms with E-state index in [1.165, 1.54) is 0 Å². The van der Waals surface area contributed by atoms with Crippen LogP contribution in [0.25, 0.3) is 0 Å². The van der Waals surface area contributed by atoms with Crippen LogP contribution in [0.1, 0.15) is 26.3 Å². The van der Waals surface area contributed by atoms with Gasteiger partial charge >= 0.3 is 0 Å². The largest absolute Gasteiger partial charge is 0.489 e. The van der Waals surface area contributed by atoms with Gasteiger partial charge in [-0.3, -0.25) is 14.9 Å². The number of hydrogen-bond donors (Lipinski definition) is 3. The normalized spacial score (nSPS) is 10.1. The zero-order valence-electron chi connectivity index (χ0n) is 15.4. The smallest absolute Gasteiger partial charge is 0.257 e. The summed E-state index contributed by atoms with van der Waals surface area (Å²) < 4.78 is 5.71. The van der Waals surface area contributed by atoms with Crippen molar-refractivity contribution in [1.29, 1.82) is 0 Å². The Kier molecular flexibility index (Phi) is 6.55. The maximum atomic E-state index is 12.4. The first-order valence-electron chi connectivity index (χ1n) is 8.81. The molecule has 0 radical (unpaired) electrons. The number of primary amides is 1. The molecule has 0 aliphatic heterocycles. The van der Waals surface area contributed by atoms with Crippen LogP contribution < -0.4 is 21.1 Å². The number of nitrogens with two attached hydrogens (primary N) is 1. The molecule has 0 fully saturated rings. The maximum absolute atomic E-state index is 12.4.